The summed E-state index contributed by atoms with van der Waals surface area (Å²) in [4.78, 5) is 4.25. The van der Waals surface area contributed by atoms with Gasteiger partial charge in [-0.3, -0.25) is 0 Å². The summed E-state index contributed by atoms with van der Waals surface area (Å²) in [5, 5.41) is 17.6. The molecule has 2 aromatic rings. The highest BCUT2D eigenvalue weighted by molar-refractivity contribution is 7.89. The summed E-state index contributed by atoms with van der Waals surface area (Å²) in [6.45, 7) is 0. The van der Waals surface area contributed by atoms with Crippen molar-refractivity contribution in [3.63, 3.8) is 0 Å². The summed E-state index contributed by atoms with van der Waals surface area (Å²) in [6.07, 6.45) is 4.19. The third-order valence-electron chi connectivity index (χ3n) is 4.44. The van der Waals surface area contributed by atoms with Gasteiger partial charge in [-0.2, -0.15) is 10.5 Å². The molecule has 0 bridgehead atoms. The standard InChI is InChI=1S/C19H18N4O3S/c20-11-14-1-8-18(9-2-14)27(24,25)23-16-4-6-17(7-5-16)26-19-10-3-15(12-21)13-22-19/h1-3,8-10,13,16-17,23H,4-7H2. The quantitative estimate of drug-likeness (QED) is 0.849. The predicted molar refractivity (Wildman–Crippen MR) is 97.1 cm³/mol. The van der Waals surface area contributed by atoms with E-state index in [4.69, 9.17) is 15.3 Å². The van der Waals surface area contributed by atoms with Crippen LogP contribution in [0.1, 0.15) is 36.8 Å². The maximum atomic E-state index is 12.5. The van der Waals surface area contributed by atoms with Crippen molar-refractivity contribution in [3.8, 4) is 18.0 Å². The van der Waals surface area contributed by atoms with Crippen molar-refractivity contribution in [1.29, 1.82) is 10.5 Å². The molecule has 1 N–H and O–H groups in total. The van der Waals surface area contributed by atoms with Gasteiger partial charge < -0.3 is 4.74 Å². The minimum absolute atomic E-state index is 0.0268. The molecule has 1 heterocycles. The number of nitrogens with one attached hydrogen (secondary N) is 1. The van der Waals surface area contributed by atoms with Gasteiger partial charge in [0.05, 0.1) is 22.1 Å². The zero-order valence-electron chi connectivity index (χ0n) is 14.5. The molecule has 1 aliphatic rings. The molecule has 0 spiro atoms. The van der Waals surface area contributed by atoms with Crippen molar-refractivity contribution in [1.82, 2.24) is 9.71 Å². The molecule has 8 heteroatoms. The van der Waals surface area contributed by atoms with Crippen LogP contribution >= 0.6 is 0 Å². The lowest BCUT2D eigenvalue weighted by atomic mass is 9.94. The van der Waals surface area contributed by atoms with Crippen molar-refractivity contribution in [2.24, 2.45) is 0 Å². The minimum Gasteiger partial charge on any atom is -0.474 e. The summed E-state index contributed by atoms with van der Waals surface area (Å²) >= 11 is 0. The van der Waals surface area contributed by atoms with Crippen LogP contribution < -0.4 is 9.46 Å². The van der Waals surface area contributed by atoms with Crippen LogP contribution in [0.25, 0.3) is 0 Å². The highest BCUT2D eigenvalue weighted by atomic mass is 32.2. The number of nitrogens with zero attached hydrogens (tertiary/aromatic N) is 3. The average molecular weight is 382 g/mol. The van der Waals surface area contributed by atoms with E-state index in [0.717, 1.165) is 0 Å². The lowest BCUT2D eigenvalue weighted by Gasteiger charge is -2.29. The molecule has 0 atom stereocenters. The molecule has 1 fully saturated rings. The van der Waals surface area contributed by atoms with E-state index in [9.17, 15) is 8.42 Å². The molecule has 27 heavy (non-hydrogen) atoms. The van der Waals surface area contributed by atoms with E-state index in [2.05, 4.69) is 9.71 Å². The van der Waals surface area contributed by atoms with Gasteiger partial charge in [-0.05, 0) is 56.0 Å². The van der Waals surface area contributed by atoms with Crippen molar-refractivity contribution in [2.75, 3.05) is 0 Å². The van der Waals surface area contributed by atoms with E-state index in [0.29, 0.717) is 42.7 Å². The zero-order chi connectivity index (χ0) is 19.3. The lowest BCUT2D eigenvalue weighted by molar-refractivity contribution is 0.138. The van der Waals surface area contributed by atoms with Gasteiger partial charge in [-0.1, -0.05) is 0 Å². The molecular weight excluding hydrogens is 364 g/mol. The maximum Gasteiger partial charge on any atom is 0.240 e. The minimum atomic E-state index is -3.61. The fourth-order valence-corrected chi connectivity index (χ4v) is 4.29. The molecule has 1 saturated carbocycles. The highest BCUT2D eigenvalue weighted by Crippen LogP contribution is 2.24. The predicted octanol–water partition coefficient (Wildman–Crippen LogP) is 2.49. The SMILES string of the molecule is N#Cc1ccc(S(=O)(=O)NC2CCC(Oc3ccc(C#N)cn3)CC2)cc1. The molecule has 1 aliphatic carbocycles. The van der Waals surface area contributed by atoms with Crippen molar-refractivity contribution < 1.29 is 13.2 Å². The van der Waals surface area contributed by atoms with Gasteiger partial charge in [0, 0.05) is 18.3 Å². The molecule has 1 aromatic carbocycles. The topological polar surface area (TPSA) is 116 Å². The van der Waals surface area contributed by atoms with Crippen molar-refractivity contribution in [3.05, 3.63) is 53.7 Å². The van der Waals surface area contributed by atoms with Gasteiger partial charge in [-0.15, -0.1) is 0 Å². The third-order valence-corrected chi connectivity index (χ3v) is 5.98. The molecule has 7 nitrogen and oxygen atoms in total. The van der Waals surface area contributed by atoms with Crippen LogP contribution in [0, 0.1) is 22.7 Å². The first-order valence-electron chi connectivity index (χ1n) is 8.55. The molecule has 1 aromatic heterocycles. The Kier molecular flexibility index (Phi) is 5.70. The molecule has 0 radical (unpaired) electrons. The van der Waals surface area contributed by atoms with Crippen LogP contribution in [0.3, 0.4) is 0 Å². The van der Waals surface area contributed by atoms with E-state index in [1.54, 1.807) is 12.1 Å². The van der Waals surface area contributed by atoms with E-state index in [1.807, 2.05) is 12.1 Å². The van der Waals surface area contributed by atoms with E-state index in [-0.39, 0.29) is 17.0 Å². The molecule has 0 saturated heterocycles. The van der Waals surface area contributed by atoms with Gasteiger partial charge in [0.1, 0.15) is 12.2 Å². The summed E-state index contributed by atoms with van der Waals surface area (Å²) in [5.74, 6) is 0.468. The molecular formula is C19H18N4O3S. The number of ether oxygens (including phenoxy) is 1. The first-order chi connectivity index (χ1) is 13.0. The third kappa shape index (κ3) is 4.82. The monoisotopic (exact) mass is 382 g/mol. The van der Waals surface area contributed by atoms with Crippen LogP contribution in [0.5, 0.6) is 5.88 Å². The smallest absolute Gasteiger partial charge is 0.240 e. The van der Waals surface area contributed by atoms with E-state index in [1.165, 1.54) is 30.5 Å². The van der Waals surface area contributed by atoms with Gasteiger partial charge in [0.2, 0.25) is 15.9 Å². The Balaban J connectivity index is 1.54. The van der Waals surface area contributed by atoms with Gasteiger partial charge in [-0.25, -0.2) is 18.1 Å². The van der Waals surface area contributed by atoms with Crippen LogP contribution in [0.4, 0.5) is 0 Å². The van der Waals surface area contributed by atoms with E-state index >= 15 is 0 Å². The second-order valence-electron chi connectivity index (χ2n) is 6.35. The summed E-state index contributed by atoms with van der Waals surface area (Å²) in [7, 11) is -3.61. The Hall–Kier alpha value is -2.94. The van der Waals surface area contributed by atoms with E-state index < -0.39 is 10.0 Å². The molecule has 3 rings (SSSR count). The Morgan fingerprint density at radius 2 is 1.59 bits per heavy atom. The summed E-state index contributed by atoms with van der Waals surface area (Å²) in [6, 6.07) is 13.0. The van der Waals surface area contributed by atoms with Crippen LogP contribution in [-0.4, -0.2) is 25.5 Å². The van der Waals surface area contributed by atoms with Gasteiger partial charge in [0.15, 0.2) is 0 Å². The first kappa shape index (κ1) is 18.8. The Morgan fingerprint density at radius 1 is 0.963 bits per heavy atom. The highest BCUT2D eigenvalue weighted by Gasteiger charge is 2.26. The molecule has 0 unspecified atom stereocenters. The lowest BCUT2D eigenvalue weighted by Crippen LogP contribution is -2.39. The average Bonchev–Trinajstić information content (AvgIpc) is 2.70. The van der Waals surface area contributed by atoms with Crippen molar-refractivity contribution in [2.45, 2.75) is 42.7 Å². The van der Waals surface area contributed by atoms with Crippen LogP contribution in [0.15, 0.2) is 47.5 Å². The molecule has 138 valence electrons. The second-order valence-corrected chi connectivity index (χ2v) is 8.06. The number of pyridine rings is 1. The zero-order valence-corrected chi connectivity index (χ0v) is 15.3. The normalized spacial score (nSPS) is 19.6. The van der Waals surface area contributed by atoms with Gasteiger partial charge in [0.25, 0.3) is 0 Å². The first-order valence-corrected chi connectivity index (χ1v) is 10.0. The summed E-state index contributed by atoms with van der Waals surface area (Å²) in [5.41, 5.74) is 0.895. The number of sulfonamides is 1. The maximum absolute atomic E-state index is 12.5. The Bertz CT molecular complexity index is 966. The van der Waals surface area contributed by atoms with Crippen LogP contribution in [-0.2, 0) is 10.0 Å². The number of benzene rings is 1. The fraction of sp³-hybridized carbons (Fsp3) is 0.316. The summed E-state index contributed by atoms with van der Waals surface area (Å²) < 4.78 is 33.5. The Morgan fingerprint density at radius 3 is 2.15 bits per heavy atom. The number of hydrogen-bond donors (Lipinski definition) is 1. The number of aromatic nitrogens is 1. The number of nitriles is 2. The second kappa shape index (κ2) is 8.17. The fourth-order valence-electron chi connectivity index (χ4n) is 2.98. The number of hydrogen-bond acceptors (Lipinski definition) is 6. The molecule has 0 aliphatic heterocycles. The Labute approximate surface area is 158 Å². The van der Waals surface area contributed by atoms with Gasteiger partial charge >= 0.3 is 0 Å². The number of rotatable bonds is 5. The van der Waals surface area contributed by atoms with Crippen LogP contribution in [0.2, 0.25) is 0 Å². The largest absolute Gasteiger partial charge is 0.474 e. The van der Waals surface area contributed by atoms with Crippen molar-refractivity contribution >= 4 is 10.0 Å². The molecule has 0 amide bonds.